The molecule has 2 aliphatic heterocycles. The number of likely N-dealkylation sites (tertiary alicyclic amines) is 1. The van der Waals surface area contributed by atoms with Gasteiger partial charge in [-0.3, -0.25) is 9.69 Å². The van der Waals surface area contributed by atoms with Crippen LogP contribution in [0.15, 0.2) is 0 Å². The molecule has 0 radical (unpaired) electrons. The van der Waals surface area contributed by atoms with Gasteiger partial charge in [0.1, 0.15) is 6.29 Å². The van der Waals surface area contributed by atoms with E-state index in [4.69, 9.17) is 4.74 Å². The second-order valence-electron chi connectivity index (χ2n) is 5.29. The molecule has 18 heavy (non-hydrogen) atoms. The lowest BCUT2D eigenvalue weighted by atomic mass is 10.00. The summed E-state index contributed by atoms with van der Waals surface area (Å²) < 4.78 is 5.43. The van der Waals surface area contributed by atoms with E-state index in [2.05, 4.69) is 4.90 Å². The number of aldehydes is 1. The Labute approximate surface area is 108 Å². The fourth-order valence-electron chi connectivity index (χ4n) is 2.68. The van der Waals surface area contributed by atoms with Gasteiger partial charge in [-0.15, -0.1) is 0 Å². The Balaban J connectivity index is 1.81. The third-order valence-electron chi connectivity index (χ3n) is 3.69. The first-order valence-corrected chi connectivity index (χ1v) is 6.76. The number of hydrogen-bond donors (Lipinski definition) is 0. The molecular weight excluding hydrogens is 232 g/mol. The molecule has 5 nitrogen and oxygen atoms in total. The summed E-state index contributed by atoms with van der Waals surface area (Å²) in [6.07, 6.45) is 3.12. The smallest absolute Gasteiger partial charge is 0.236 e. The molecule has 2 saturated heterocycles. The SMILES string of the molecule is CC1CN(C(=O)CN2CCCC(C=O)C2)CCO1. The maximum Gasteiger partial charge on any atom is 0.236 e. The highest BCUT2D eigenvalue weighted by Gasteiger charge is 2.25. The van der Waals surface area contributed by atoms with E-state index >= 15 is 0 Å². The Morgan fingerprint density at radius 3 is 2.94 bits per heavy atom. The summed E-state index contributed by atoms with van der Waals surface area (Å²) in [4.78, 5) is 26.9. The lowest BCUT2D eigenvalue weighted by Crippen LogP contribution is -2.49. The highest BCUT2D eigenvalue weighted by atomic mass is 16.5. The Kier molecular flexibility index (Phi) is 4.72. The van der Waals surface area contributed by atoms with Crippen molar-refractivity contribution in [2.24, 2.45) is 5.92 Å². The van der Waals surface area contributed by atoms with Crippen molar-refractivity contribution in [2.45, 2.75) is 25.9 Å². The molecule has 102 valence electrons. The van der Waals surface area contributed by atoms with Crippen molar-refractivity contribution < 1.29 is 14.3 Å². The standard InChI is InChI=1S/C13H22N2O3/c1-11-7-15(5-6-18-11)13(17)9-14-4-2-3-12(8-14)10-16/h10-12H,2-9H2,1H3. The van der Waals surface area contributed by atoms with Crippen molar-refractivity contribution in [2.75, 3.05) is 39.3 Å². The van der Waals surface area contributed by atoms with Crippen molar-refractivity contribution in [3.63, 3.8) is 0 Å². The summed E-state index contributed by atoms with van der Waals surface area (Å²) in [5.74, 6) is 0.270. The van der Waals surface area contributed by atoms with Crippen LogP contribution >= 0.6 is 0 Å². The molecule has 0 aromatic heterocycles. The summed E-state index contributed by atoms with van der Waals surface area (Å²) in [5, 5.41) is 0. The van der Waals surface area contributed by atoms with Gasteiger partial charge in [-0.1, -0.05) is 0 Å². The van der Waals surface area contributed by atoms with Gasteiger partial charge < -0.3 is 14.4 Å². The molecule has 0 aromatic carbocycles. The highest BCUT2D eigenvalue weighted by Crippen LogP contribution is 2.14. The van der Waals surface area contributed by atoms with Gasteiger partial charge in [0.25, 0.3) is 0 Å². The van der Waals surface area contributed by atoms with Gasteiger partial charge in [0.15, 0.2) is 0 Å². The largest absolute Gasteiger partial charge is 0.375 e. The van der Waals surface area contributed by atoms with Crippen molar-refractivity contribution in [3.8, 4) is 0 Å². The molecule has 2 rings (SSSR count). The molecule has 2 unspecified atom stereocenters. The van der Waals surface area contributed by atoms with Crippen LogP contribution in [0.2, 0.25) is 0 Å². The molecule has 0 saturated carbocycles. The molecule has 1 amide bonds. The van der Waals surface area contributed by atoms with Gasteiger partial charge in [-0.05, 0) is 26.3 Å². The summed E-state index contributed by atoms with van der Waals surface area (Å²) in [7, 11) is 0. The van der Waals surface area contributed by atoms with E-state index < -0.39 is 0 Å². The van der Waals surface area contributed by atoms with Crippen LogP contribution in [0, 0.1) is 5.92 Å². The van der Waals surface area contributed by atoms with E-state index in [1.165, 1.54) is 0 Å². The number of morpholine rings is 1. The molecule has 2 fully saturated rings. The van der Waals surface area contributed by atoms with Crippen LogP contribution in [0.1, 0.15) is 19.8 Å². The van der Waals surface area contributed by atoms with E-state index in [0.717, 1.165) is 32.2 Å². The zero-order chi connectivity index (χ0) is 13.0. The third kappa shape index (κ3) is 3.53. The zero-order valence-electron chi connectivity index (χ0n) is 11.0. The van der Waals surface area contributed by atoms with Gasteiger partial charge >= 0.3 is 0 Å². The van der Waals surface area contributed by atoms with Crippen molar-refractivity contribution in [1.82, 2.24) is 9.80 Å². The topological polar surface area (TPSA) is 49.9 Å². The van der Waals surface area contributed by atoms with Gasteiger partial charge in [-0.2, -0.15) is 0 Å². The van der Waals surface area contributed by atoms with Gasteiger partial charge in [0.2, 0.25) is 5.91 Å². The summed E-state index contributed by atoms with van der Waals surface area (Å²) in [6, 6.07) is 0. The number of ether oxygens (including phenoxy) is 1. The van der Waals surface area contributed by atoms with E-state index in [0.29, 0.717) is 26.2 Å². The van der Waals surface area contributed by atoms with Crippen molar-refractivity contribution in [1.29, 1.82) is 0 Å². The Morgan fingerprint density at radius 2 is 2.22 bits per heavy atom. The van der Waals surface area contributed by atoms with Gasteiger partial charge in [0, 0.05) is 25.6 Å². The average molecular weight is 254 g/mol. The average Bonchev–Trinajstić information content (AvgIpc) is 2.39. The van der Waals surface area contributed by atoms with Crippen LogP contribution in [0.3, 0.4) is 0 Å². The van der Waals surface area contributed by atoms with Crippen LogP contribution in [0.5, 0.6) is 0 Å². The number of hydrogen-bond acceptors (Lipinski definition) is 4. The second kappa shape index (κ2) is 6.29. The number of carbonyl (C=O) groups excluding carboxylic acids is 2. The number of piperidine rings is 1. The minimum atomic E-state index is 0.107. The van der Waals surface area contributed by atoms with Crippen molar-refractivity contribution in [3.05, 3.63) is 0 Å². The van der Waals surface area contributed by atoms with E-state index in [1.807, 2.05) is 11.8 Å². The lowest BCUT2D eigenvalue weighted by molar-refractivity contribution is -0.140. The number of amides is 1. The first-order chi connectivity index (χ1) is 8.69. The van der Waals surface area contributed by atoms with E-state index in [-0.39, 0.29) is 17.9 Å². The minimum Gasteiger partial charge on any atom is -0.375 e. The fraction of sp³-hybridized carbons (Fsp3) is 0.846. The van der Waals surface area contributed by atoms with Crippen molar-refractivity contribution >= 4 is 12.2 Å². The van der Waals surface area contributed by atoms with Crippen LogP contribution < -0.4 is 0 Å². The maximum atomic E-state index is 12.1. The fourth-order valence-corrected chi connectivity index (χ4v) is 2.68. The van der Waals surface area contributed by atoms with Crippen LogP contribution in [-0.2, 0) is 14.3 Å². The molecule has 2 heterocycles. The summed E-state index contributed by atoms with van der Waals surface area (Å²) in [5.41, 5.74) is 0. The molecule has 2 aliphatic rings. The first kappa shape index (κ1) is 13.5. The predicted octanol–water partition coefficient (Wildman–Crippen LogP) is 0.145. The highest BCUT2D eigenvalue weighted by molar-refractivity contribution is 5.78. The quantitative estimate of drug-likeness (QED) is 0.673. The van der Waals surface area contributed by atoms with E-state index in [1.54, 1.807) is 0 Å². The monoisotopic (exact) mass is 254 g/mol. The van der Waals surface area contributed by atoms with Crippen LogP contribution in [0.4, 0.5) is 0 Å². The molecule has 0 N–H and O–H groups in total. The lowest BCUT2D eigenvalue weighted by Gasteiger charge is -2.35. The van der Waals surface area contributed by atoms with Crippen LogP contribution in [-0.4, -0.2) is 67.4 Å². The molecule has 0 aromatic rings. The molecular formula is C13H22N2O3. The Bertz CT molecular complexity index is 309. The minimum absolute atomic E-state index is 0.107. The first-order valence-electron chi connectivity index (χ1n) is 6.76. The molecule has 0 spiro atoms. The van der Waals surface area contributed by atoms with Gasteiger partial charge in [0.05, 0.1) is 19.3 Å². The van der Waals surface area contributed by atoms with Crippen LogP contribution in [0.25, 0.3) is 0 Å². The Morgan fingerprint density at radius 1 is 1.39 bits per heavy atom. The molecule has 0 aliphatic carbocycles. The normalized spacial score (nSPS) is 30.2. The van der Waals surface area contributed by atoms with Gasteiger partial charge in [-0.25, -0.2) is 0 Å². The maximum absolute atomic E-state index is 12.1. The molecule has 2 atom stereocenters. The second-order valence-corrected chi connectivity index (χ2v) is 5.29. The molecule has 0 bridgehead atoms. The van der Waals surface area contributed by atoms with E-state index in [9.17, 15) is 9.59 Å². The summed E-state index contributed by atoms with van der Waals surface area (Å²) in [6.45, 7) is 6.09. The number of rotatable bonds is 3. The zero-order valence-corrected chi connectivity index (χ0v) is 11.0. The number of carbonyl (C=O) groups is 2. The summed E-state index contributed by atoms with van der Waals surface area (Å²) >= 11 is 0. The number of nitrogens with zero attached hydrogens (tertiary/aromatic N) is 2. The Hall–Kier alpha value is -0.940. The molecule has 5 heteroatoms. The predicted molar refractivity (Wildman–Crippen MR) is 67.2 cm³/mol. The third-order valence-corrected chi connectivity index (χ3v) is 3.69.